The first-order valence-electron chi connectivity index (χ1n) is 6.40. The number of hydrogen-bond donors (Lipinski definition) is 2. The lowest BCUT2D eigenvalue weighted by Gasteiger charge is -2.23. The van der Waals surface area contributed by atoms with Crippen LogP contribution in [0.3, 0.4) is 0 Å². The van der Waals surface area contributed by atoms with Crippen molar-refractivity contribution in [2.24, 2.45) is 17.4 Å². The number of benzene rings is 1. The van der Waals surface area contributed by atoms with Gasteiger partial charge < -0.3 is 11.5 Å². The van der Waals surface area contributed by atoms with Gasteiger partial charge in [-0.15, -0.1) is 0 Å². The largest absolute Gasteiger partial charge is 0.369 e. The predicted molar refractivity (Wildman–Crippen MR) is 73.6 cm³/mol. The highest BCUT2D eigenvalue weighted by Gasteiger charge is 2.13. The minimum atomic E-state index is -0.406. The Morgan fingerprint density at radius 3 is 2.63 bits per heavy atom. The Balaban J connectivity index is 2.85. The third-order valence-electron chi connectivity index (χ3n) is 2.74. The van der Waals surface area contributed by atoms with Crippen LogP contribution in [-0.2, 0) is 17.9 Å². The first kappa shape index (κ1) is 15.6. The molecular weight excluding hydrogens is 245 g/mol. The van der Waals surface area contributed by atoms with Crippen molar-refractivity contribution in [1.29, 1.82) is 0 Å². The van der Waals surface area contributed by atoms with E-state index >= 15 is 0 Å². The third-order valence-corrected chi connectivity index (χ3v) is 2.74. The van der Waals surface area contributed by atoms with Crippen molar-refractivity contribution in [3.8, 4) is 0 Å². The fourth-order valence-electron chi connectivity index (χ4n) is 2.04. The molecule has 0 aromatic heterocycles. The van der Waals surface area contributed by atoms with Gasteiger partial charge in [0, 0.05) is 25.2 Å². The van der Waals surface area contributed by atoms with Gasteiger partial charge in [-0.25, -0.2) is 4.39 Å². The molecule has 0 aliphatic heterocycles. The minimum absolute atomic E-state index is 0.129. The van der Waals surface area contributed by atoms with E-state index in [2.05, 4.69) is 0 Å². The van der Waals surface area contributed by atoms with Gasteiger partial charge in [0.15, 0.2) is 0 Å². The molecule has 0 aliphatic rings. The Morgan fingerprint density at radius 1 is 1.42 bits per heavy atom. The van der Waals surface area contributed by atoms with Crippen LogP contribution in [0.15, 0.2) is 18.2 Å². The lowest BCUT2D eigenvalue weighted by atomic mass is 10.1. The molecule has 19 heavy (non-hydrogen) atoms. The maximum atomic E-state index is 13.8. The van der Waals surface area contributed by atoms with E-state index in [0.717, 1.165) is 5.56 Å². The van der Waals surface area contributed by atoms with Crippen LogP contribution < -0.4 is 11.5 Å². The van der Waals surface area contributed by atoms with Crippen molar-refractivity contribution in [1.82, 2.24) is 4.90 Å². The number of halogens is 1. The summed E-state index contributed by atoms with van der Waals surface area (Å²) in [6.07, 6.45) is 0. The summed E-state index contributed by atoms with van der Waals surface area (Å²) >= 11 is 0. The van der Waals surface area contributed by atoms with Gasteiger partial charge in [-0.2, -0.15) is 0 Å². The molecule has 4 nitrogen and oxygen atoms in total. The first-order chi connectivity index (χ1) is 8.92. The molecule has 0 heterocycles. The van der Waals surface area contributed by atoms with Crippen LogP contribution in [0, 0.1) is 11.7 Å². The fraction of sp³-hybridized carbons (Fsp3) is 0.500. The van der Waals surface area contributed by atoms with E-state index in [1.54, 1.807) is 12.1 Å². The molecule has 0 saturated carbocycles. The Hall–Kier alpha value is -1.46. The normalized spacial score (nSPS) is 11.3. The van der Waals surface area contributed by atoms with Gasteiger partial charge in [-0.3, -0.25) is 9.69 Å². The van der Waals surface area contributed by atoms with Gasteiger partial charge in [0.2, 0.25) is 5.91 Å². The van der Waals surface area contributed by atoms with Crippen molar-refractivity contribution in [2.75, 3.05) is 13.1 Å². The monoisotopic (exact) mass is 267 g/mol. The van der Waals surface area contributed by atoms with Gasteiger partial charge in [-0.1, -0.05) is 26.0 Å². The average Bonchev–Trinajstić information content (AvgIpc) is 2.30. The van der Waals surface area contributed by atoms with Crippen LogP contribution in [0.1, 0.15) is 25.0 Å². The summed E-state index contributed by atoms with van der Waals surface area (Å²) in [6.45, 7) is 5.63. The van der Waals surface area contributed by atoms with Gasteiger partial charge >= 0.3 is 0 Å². The number of hydrogen-bond acceptors (Lipinski definition) is 3. The van der Waals surface area contributed by atoms with E-state index in [-0.39, 0.29) is 12.4 Å². The molecule has 0 radical (unpaired) electrons. The van der Waals surface area contributed by atoms with Crippen molar-refractivity contribution in [3.05, 3.63) is 35.1 Å². The second-order valence-electron chi connectivity index (χ2n) is 5.16. The highest BCUT2D eigenvalue weighted by molar-refractivity contribution is 5.75. The molecule has 0 saturated heterocycles. The molecule has 5 heteroatoms. The molecule has 1 rings (SSSR count). The van der Waals surface area contributed by atoms with Crippen LogP contribution in [0.2, 0.25) is 0 Å². The van der Waals surface area contributed by atoms with Crippen LogP contribution in [0.4, 0.5) is 4.39 Å². The number of nitrogens with zero attached hydrogens (tertiary/aromatic N) is 1. The van der Waals surface area contributed by atoms with Crippen LogP contribution in [0.25, 0.3) is 0 Å². The number of nitrogens with two attached hydrogens (primary N) is 2. The molecule has 1 aromatic rings. The molecule has 0 bridgehead atoms. The SMILES string of the molecule is CC(C)CN(CC(N)=O)Cc1cc(CN)ccc1F. The summed E-state index contributed by atoms with van der Waals surface area (Å²) in [5, 5.41) is 0. The van der Waals surface area contributed by atoms with E-state index in [4.69, 9.17) is 11.5 Å². The quantitative estimate of drug-likeness (QED) is 0.780. The standard InChI is InChI=1S/C14H22FN3O/c1-10(2)7-18(9-14(17)19)8-12-5-11(6-16)3-4-13(12)15/h3-5,10H,6-9,16H2,1-2H3,(H2,17,19). The zero-order valence-electron chi connectivity index (χ0n) is 11.5. The number of carbonyl (C=O) groups excluding carboxylic acids is 1. The number of rotatable bonds is 7. The summed E-state index contributed by atoms with van der Waals surface area (Å²) in [5.41, 5.74) is 12.2. The maximum absolute atomic E-state index is 13.8. The predicted octanol–water partition coefficient (Wildman–Crippen LogP) is 1.23. The van der Waals surface area contributed by atoms with Gasteiger partial charge in [0.05, 0.1) is 6.54 Å². The molecule has 4 N–H and O–H groups in total. The molecule has 1 amide bonds. The van der Waals surface area contributed by atoms with E-state index < -0.39 is 5.91 Å². The van der Waals surface area contributed by atoms with E-state index in [0.29, 0.717) is 31.1 Å². The zero-order valence-corrected chi connectivity index (χ0v) is 11.5. The van der Waals surface area contributed by atoms with Gasteiger partial charge in [0.25, 0.3) is 0 Å². The maximum Gasteiger partial charge on any atom is 0.231 e. The summed E-state index contributed by atoms with van der Waals surface area (Å²) in [7, 11) is 0. The fourth-order valence-corrected chi connectivity index (χ4v) is 2.04. The van der Waals surface area contributed by atoms with Crippen molar-refractivity contribution in [2.45, 2.75) is 26.9 Å². The Morgan fingerprint density at radius 2 is 2.11 bits per heavy atom. The molecule has 0 atom stereocenters. The van der Waals surface area contributed by atoms with E-state index in [1.807, 2.05) is 18.7 Å². The summed E-state index contributed by atoms with van der Waals surface area (Å²) in [5.74, 6) is -0.313. The van der Waals surface area contributed by atoms with Gasteiger partial charge in [0.1, 0.15) is 5.82 Å². The number of amides is 1. The lowest BCUT2D eigenvalue weighted by Crippen LogP contribution is -2.36. The van der Waals surface area contributed by atoms with Crippen molar-refractivity contribution in [3.63, 3.8) is 0 Å². The Labute approximate surface area is 113 Å². The summed E-state index contributed by atoms with van der Waals surface area (Å²) in [4.78, 5) is 12.9. The summed E-state index contributed by atoms with van der Waals surface area (Å²) in [6, 6.07) is 4.82. The van der Waals surface area contributed by atoms with Crippen LogP contribution in [0.5, 0.6) is 0 Å². The number of carbonyl (C=O) groups is 1. The van der Waals surface area contributed by atoms with E-state index in [9.17, 15) is 9.18 Å². The zero-order chi connectivity index (χ0) is 14.4. The molecule has 0 spiro atoms. The first-order valence-corrected chi connectivity index (χ1v) is 6.40. The van der Waals surface area contributed by atoms with E-state index in [1.165, 1.54) is 6.07 Å². The van der Waals surface area contributed by atoms with Crippen LogP contribution in [-0.4, -0.2) is 23.9 Å². The molecular formula is C14H22FN3O. The molecule has 0 unspecified atom stereocenters. The lowest BCUT2D eigenvalue weighted by molar-refractivity contribution is -0.119. The topological polar surface area (TPSA) is 72.3 Å². The van der Waals surface area contributed by atoms with Gasteiger partial charge in [-0.05, 0) is 17.5 Å². The average molecular weight is 267 g/mol. The highest BCUT2D eigenvalue weighted by Crippen LogP contribution is 2.14. The minimum Gasteiger partial charge on any atom is -0.369 e. The number of primary amides is 1. The molecule has 106 valence electrons. The Bertz CT molecular complexity index is 435. The third kappa shape index (κ3) is 5.36. The van der Waals surface area contributed by atoms with Crippen LogP contribution >= 0.6 is 0 Å². The second kappa shape index (κ2) is 7.21. The van der Waals surface area contributed by atoms with Crippen molar-refractivity contribution >= 4 is 5.91 Å². The molecule has 0 fully saturated rings. The smallest absolute Gasteiger partial charge is 0.231 e. The molecule has 0 aliphatic carbocycles. The molecule has 1 aromatic carbocycles. The summed E-state index contributed by atoms with van der Waals surface area (Å²) < 4.78 is 13.8. The Kier molecular flexibility index (Phi) is 5.92. The van der Waals surface area contributed by atoms with Crippen molar-refractivity contribution < 1.29 is 9.18 Å². The highest BCUT2D eigenvalue weighted by atomic mass is 19.1. The second-order valence-corrected chi connectivity index (χ2v) is 5.16.